The molecule has 0 radical (unpaired) electrons. The Balaban J connectivity index is 2.19. The molecule has 1 aliphatic carbocycles. The summed E-state index contributed by atoms with van der Waals surface area (Å²) >= 11 is 0. The van der Waals surface area contributed by atoms with E-state index in [1.165, 1.54) is 11.1 Å². The lowest BCUT2D eigenvalue weighted by Crippen LogP contribution is -2.39. The van der Waals surface area contributed by atoms with Crippen LogP contribution in [0.4, 0.5) is 0 Å². The Bertz CT molecular complexity index is 433. The van der Waals surface area contributed by atoms with Gasteiger partial charge in [-0.15, -0.1) is 0 Å². The van der Waals surface area contributed by atoms with Crippen LogP contribution in [0, 0.1) is 0 Å². The highest BCUT2D eigenvalue weighted by Crippen LogP contribution is 2.33. The summed E-state index contributed by atoms with van der Waals surface area (Å²) in [5, 5.41) is 3.83. The minimum atomic E-state index is -0.708. The van der Waals surface area contributed by atoms with Crippen molar-refractivity contribution in [2.45, 2.75) is 50.8 Å². The van der Waals surface area contributed by atoms with Crippen molar-refractivity contribution in [2.24, 2.45) is 0 Å². The smallest absolute Gasteiger partial charge is 0.0546 e. The summed E-state index contributed by atoms with van der Waals surface area (Å²) in [5.41, 5.74) is 2.79. The number of nitrogens with one attached hydrogen (secondary N) is 1. The number of rotatable bonds is 6. The predicted octanol–water partition coefficient (Wildman–Crippen LogP) is 3.20. The minimum absolute atomic E-state index is 0.271. The Kier molecular flexibility index (Phi) is 5.59. The SMILES string of the molecule is CCCCS(=O)C1CCc2ccccc2C1NCC. The quantitative estimate of drug-likeness (QED) is 0.866. The molecule has 0 aliphatic heterocycles. The van der Waals surface area contributed by atoms with Crippen molar-refractivity contribution in [3.8, 4) is 0 Å². The Morgan fingerprint density at radius 2 is 2.11 bits per heavy atom. The van der Waals surface area contributed by atoms with E-state index in [-0.39, 0.29) is 11.3 Å². The van der Waals surface area contributed by atoms with Crippen LogP contribution in [0.1, 0.15) is 50.3 Å². The van der Waals surface area contributed by atoms with Crippen LogP contribution in [0.5, 0.6) is 0 Å². The Morgan fingerprint density at radius 3 is 2.84 bits per heavy atom. The average molecular weight is 279 g/mol. The van der Waals surface area contributed by atoms with E-state index in [1.54, 1.807) is 0 Å². The summed E-state index contributed by atoms with van der Waals surface area (Å²) in [7, 11) is -0.708. The van der Waals surface area contributed by atoms with Gasteiger partial charge in [-0.05, 0) is 36.9 Å². The second-order valence-corrected chi connectivity index (χ2v) is 7.02. The second kappa shape index (κ2) is 7.20. The van der Waals surface area contributed by atoms with Gasteiger partial charge in [0.1, 0.15) is 0 Å². The van der Waals surface area contributed by atoms with Crippen LogP contribution in [0.15, 0.2) is 24.3 Å². The van der Waals surface area contributed by atoms with Crippen LogP contribution in [-0.2, 0) is 17.2 Å². The molecule has 0 amide bonds. The summed E-state index contributed by atoms with van der Waals surface area (Å²) in [6.45, 7) is 5.22. The van der Waals surface area contributed by atoms with E-state index in [4.69, 9.17) is 0 Å². The Labute approximate surface area is 119 Å². The standard InChI is InChI=1S/C16H25NOS/c1-3-5-12-19(18)15-11-10-13-8-6-7-9-14(13)16(15)17-4-2/h6-9,15-17H,3-5,10-12H2,1-2H3. The first kappa shape index (κ1) is 14.7. The predicted molar refractivity (Wildman–Crippen MR) is 82.9 cm³/mol. The largest absolute Gasteiger partial charge is 0.309 e. The van der Waals surface area contributed by atoms with Crippen LogP contribution < -0.4 is 5.32 Å². The molecule has 1 aromatic carbocycles. The lowest BCUT2D eigenvalue weighted by molar-refractivity contribution is 0.474. The Morgan fingerprint density at radius 1 is 1.32 bits per heavy atom. The zero-order valence-corrected chi connectivity index (χ0v) is 12.8. The molecule has 1 aromatic rings. The lowest BCUT2D eigenvalue weighted by Gasteiger charge is -2.33. The molecule has 106 valence electrons. The summed E-state index contributed by atoms with van der Waals surface area (Å²) in [4.78, 5) is 0. The van der Waals surface area contributed by atoms with Gasteiger partial charge >= 0.3 is 0 Å². The average Bonchev–Trinajstić information content (AvgIpc) is 2.45. The number of benzene rings is 1. The molecular weight excluding hydrogens is 254 g/mol. The van der Waals surface area contributed by atoms with Crippen LogP contribution in [0.2, 0.25) is 0 Å². The third-order valence-corrected chi connectivity index (χ3v) is 5.80. The third kappa shape index (κ3) is 3.46. The fourth-order valence-corrected chi connectivity index (χ4v) is 4.72. The molecule has 3 atom stereocenters. The fraction of sp³-hybridized carbons (Fsp3) is 0.625. The normalized spacial score (nSPS) is 23.9. The van der Waals surface area contributed by atoms with E-state index in [0.717, 1.165) is 38.0 Å². The van der Waals surface area contributed by atoms with E-state index in [0.29, 0.717) is 0 Å². The number of unbranched alkanes of at least 4 members (excludes halogenated alkanes) is 1. The summed E-state index contributed by atoms with van der Waals surface area (Å²) in [6.07, 6.45) is 4.32. The molecule has 2 nitrogen and oxygen atoms in total. The summed E-state index contributed by atoms with van der Waals surface area (Å²) < 4.78 is 12.5. The zero-order chi connectivity index (χ0) is 13.7. The van der Waals surface area contributed by atoms with Gasteiger partial charge in [0.05, 0.1) is 5.25 Å². The molecule has 0 fully saturated rings. The molecule has 0 aromatic heterocycles. The van der Waals surface area contributed by atoms with Crippen molar-refractivity contribution >= 4 is 10.8 Å². The van der Waals surface area contributed by atoms with Crippen molar-refractivity contribution in [3.05, 3.63) is 35.4 Å². The van der Waals surface area contributed by atoms with Crippen molar-refractivity contribution in [1.29, 1.82) is 0 Å². The Hall–Kier alpha value is -0.670. The van der Waals surface area contributed by atoms with Gasteiger partial charge in [0.2, 0.25) is 0 Å². The molecule has 0 saturated carbocycles. The fourth-order valence-electron chi connectivity index (χ4n) is 2.91. The summed E-state index contributed by atoms with van der Waals surface area (Å²) in [6, 6.07) is 8.89. The molecular formula is C16H25NOS. The van der Waals surface area contributed by atoms with Crippen molar-refractivity contribution in [2.75, 3.05) is 12.3 Å². The second-order valence-electron chi connectivity index (χ2n) is 5.25. The molecule has 0 spiro atoms. The molecule has 0 bridgehead atoms. The van der Waals surface area contributed by atoms with Gasteiger partial charge in [-0.2, -0.15) is 0 Å². The molecule has 3 unspecified atom stereocenters. The highest BCUT2D eigenvalue weighted by atomic mass is 32.2. The first-order chi connectivity index (χ1) is 9.27. The topological polar surface area (TPSA) is 29.1 Å². The number of hydrogen-bond donors (Lipinski definition) is 1. The van der Waals surface area contributed by atoms with E-state index < -0.39 is 10.8 Å². The maximum Gasteiger partial charge on any atom is 0.0546 e. The van der Waals surface area contributed by atoms with Gasteiger partial charge in [-0.3, -0.25) is 4.21 Å². The van der Waals surface area contributed by atoms with Gasteiger partial charge in [0.15, 0.2) is 0 Å². The van der Waals surface area contributed by atoms with Gasteiger partial charge in [0, 0.05) is 22.6 Å². The molecule has 1 aliphatic rings. The minimum Gasteiger partial charge on any atom is -0.309 e. The van der Waals surface area contributed by atoms with E-state index in [1.807, 2.05) is 0 Å². The molecule has 1 N–H and O–H groups in total. The van der Waals surface area contributed by atoms with Gasteiger partial charge in [0.25, 0.3) is 0 Å². The highest BCUT2D eigenvalue weighted by molar-refractivity contribution is 7.85. The van der Waals surface area contributed by atoms with Crippen LogP contribution >= 0.6 is 0 Å². The van der Waals surface area contributed by atoms with Gasteiger partial charge in [-0.25, -0.2) is 0 Å². The maximum atomic E-state index is 12.5. The highest BCUT2D eigenvalue weighted by Gasteiger charge is 2.32. The summed E-state index contributed by atoms with van der Waals surface area (Å²) in [5.74, 6) is 0.852. The van der Waals surface area contributed by atoms with Gasteiger partial charge < -0.3 is 5.32 Å². The molecule has 3 heteroatoms. The zero-order valence-electron chi connectivity index (χ0n) is 12.0. The monoisotopic (exact) mass is 279 g/mol. The molecule has 19 heavy (non-hydrogen) atoms. The van der Waals surface area contributed by atoms with Crippen molar-refractivity contribution < 1.29 is 4.21 Å². The van der Waals surface area contributed by atoms with E-state index >= 15 is 0 Å². The molecule has 0 heterocycles. The maximum absolute atomic E-state index is 12.5. The van der Waals surface area contributed by atoms with Crippen molar-refractivity contribution in [3.63, 3.8) is 0 Å². The number of aryl methyl sites for hydroxylation is 1. The van der Waals surface area contributed by atoms with Crippen LogP contribution in [-0.4, -0.2) is 21.8 Å². The first-order valence-corrected chi connectivity index (χ1v) is 8.84. The van der Waals surface area contributed by atoms with Gasteiger partial charge in [-0.1, -0.05) is 44.5 Å². The lowest BCUT2D eigenvalue weighted by atomic mass is 9.87. The van der Waals surface area contributed by atoms with E-state index in [9.17, 15) is 4.21 Å². The van der Waals surface area contributed by atoms with Crippen LogP contribution in [0.25, 0.3) is 0 Å². The third-order valence-electron chi connectivity index (χ3n) is 3.92. The van der Waals surface area contributed by atoms with Crippen LogP contribution in [0.3, 0.4) is 0 Å². The van der Waals surface area contributed by atoms with E-state index in [2.05, 4.69) is 43.4 Å². The molecule has 0 saturated heterocycles. The molecule has 2 rings (SSSR count). The number of fused-ring (bicyclic) bond motifs is 1. The first-order valence-electron chi connectivity index (χ1n) is 7.46. The van der Waals surface area contributed by atoms with Crippen molar-refractivity contribution in [1.82, 2.24) is 5.32 Å². The number of hydrogen-bond acceptors (Lipinski definition) is 2.